The highest BCUT2D eigenvalue weighted by Crippen LogP contribution is 2.21. The number of halogens is 1. The SMILES string of the molecule is Cc1cccc(C(=O)NC(CC(=O)O)C(=O)O)c1Br. The molecule has 7 heteroatoms. The molecule has 0 aliphatic rings. The molecular weight excluding hydrogens is 318 g/mol. The van der Waals surface area contributed by atoms with Gasteiger partial charge >= 0.3 is 11.9 Å². The molecule has 3 N–H and O–H groups in total. The fourth-order valence-electron chi connectivity index (χ4n) is 1.43. The zero-order valence-electron chi connectivity index (χ0n) is 10.0. The van der Waals surface area contributed by atoms with Crippen LogP contribution in [0.1, 0.15) is 22.3 Å². The molecule has 1 amide bonds. The van der Waals surface area contributed by atoms with Crippen molar-refractivity contribution in [2.75, 3.05) is 0 Å². The molecule has 0 saturated carbocycles. The van der Waals surface area contributed by atoms with Crippen LogP contribution in [0.15, 0.2) is 22.7 Å². The fourth-order valence-corrected chi connectivity index (χ4v) is 1.88. The van der Waals surface area contributed by atoms with Crippen LogP contribution in [0.5, 0.6) is 0 Å². The van der Waals surface area contributed by atoms with Gasteiger partial charge in [0, 0.05) is 4.47 Å². The minimum Gasteiger partial charge on any atom is -0.481 e. The van der Waals surface area contributed by atoms with Crippen molar-refractivity contribution < 1.29 is 24.6 Å². The third-order valence-corrected chi connectivity index (χ3v) is 3.47. The number of hydrogen-bond acceptors (Lipinski definition) is 3. The highest BCUT2D eigenvalue weighted by atomic mass is 79.9. The summed E-state index contributed by atoms with van der Waals surface area (Å²) in [4.78, 5) is 33.3. The summed E-state index contributed by atoms with van der Waals surface area (Å²) in [6.07, 6.45) is -0.676. The standard InChI is InChI=1S/C12H12BrNO5/c1-6-3-2-4-7(10(6)13)11(17)14-8(12(18)19)5-9(15)16/h2-4,8H,5H2,1H3,(H,14,17)(H,15,16)(H,18,19). The molecule has 0 saturated heterocycles. The maximum Gasteiger partial charge on any atom is 0.326 e. The number of aliphatic carboxylic acids is 2. The molecule has 0 spiro atoms. The van der Waals surface area contributed by atoms with Gasteiger partial charge in [-0.1, -0.05) is 12.1 Å². The van der Waals surface area contributed by atoms with E-state index in [-0.39, 0.29) is 5.56 Å². The lowest BCUT2D eigenvalue weighted by molar-refractivity contribution is -0.145. The number of nitrogens with one attached hydrogen (secondary N) is 1. The Hall–Kier alpha value is -1.89. The molecule has 1 rings (SSSR count). The van der Waals surface area contributed by atoms with Gasteiger partial charge in [-0.05, 0) is 34.5 Å². The van der Waals surface area contributed by atoms with Gasteiger partial charge in [-0.25, -0.2) is 4.79 Å². The van der Waals surface area contributed by atoms with Crippen LogP contribution in [0.3, 0.4) is 0 Å². The Morgan fingerprint density at radius 2 is 1.95 bits per heavy atom. The zero-order valence-corrected chi connectivity index (χ0v) is 11.6. The van der Waals surface area contributed by atoms with E-state index < -0.39 is 30.3 Å². The molecule has 0 bridgehead atoms. The zero-order chi connectivity index (χ0) is 14.6. The first kappa shape index (κ1) is 15.2. The highest BCUT2D eigenvalue weighted by Gasteiger charge is 2.24. The van der Waals surface area contributed by atoms with Crippen molar-refractivity contribution in [1.29, 1.82) is 0 Å². The smallest absolute Gasteiger partial charge is 0.326 e. The summed E-state index contributed by atoms with van der Waals surface area (Å²) in [5.74, 6) is -3.32. The fraction of sp³-hybridized carbons (Fsp3) is 0.250. The second-order valence-electron chi connectivity index (χ2n) is 3.90. The summed E-state index contributed by atoms with van der Waals surface area (Å²) in [5.41, 5.74) is 1.08. The van der Waals surface area contributed by atoms with Crippen molar-refractivity contribution in [1.82, 2.24) is 5.32 Å². The van der Waals surface area contributed by atoms with Gasteiger partial charge in [-0.15, -0.1) is 0 Å². The van der Waals surface area contributed by atoms with Crippen molar-refractivity contribution in [3.63, 3.8) is 0 Å². The van der Waals surface area contributed by atoms with E-state index >= 15 is 0 Å². The lowest BCUT2D eigenvalue weighted by atomic mass is 10.1. The van der Waals surface area contributed by atoms with Crippen molar-refractivity contribution in [2.24, 2.45) is 0 Å². The average Bonchev–Trinajstić information content (AvgIpc) is 2.31. The number of hydrogen-bond donors (Lipinski definition) is 3. The lowest BCUT2D eigenvalue weighted by Gasteiger charge is -2.13. The van der Waals surface area contributed by atoms with Crippen molar-refractivity contribution >= 4 is 33.8 Å². The minimum atomic E-state index is -1.46. The largest absolute Gasteiger partial charge is 0.481 e. The summed E-state index contributed by atoms with van der Waals surface area (Å²) >= 11 is 3.23. The van der Waals surface area contributed by atoms with E-state index in [2.05, 4.69) is 21.2 Å². The van der Waals surface area contributed by atoms with Gasteiger partial charge in [0.1, 0.15) is 6.04 Å². The molecule has 102 valence electrons. The average molecular weight is 330 g/mol. The van der Waals surface area contributed by atoms with Gasteiger partial charge in [-0.2, -0.15) is 0 Å². The van der Waals surface area contributed by atoms with Crippen LogP contribution in [0, 0.1) is 6.92 Å². The third kappa shape index (κ3) is 4.06. The van der Waals surface area contributed by atoms with Crippen LogP contribution < -0.4 is 5.32 Å². The van der Waals surface area contributed by atoms with Gasteiger partial charge in [0.05, 0.1) is 12.0 Å². The molecule has 1 unspecified atom stereocenters. The van der Waals surface area contributed by atoms with E-state index in [0.29, 0.717) is 4.47 Å². The van der Waals surface area contributed by atoms with Crippen molar-refractivity contribution in [2.45, 2.75) is 19.4 Å². The first-order chi connectivity index (χ1) is 8.82. The number of rotatable bonds is 5. The molecule has 0 heterocycles. The molecule has 0 radical (unpaired) electrons. The minimum absolute atomic E-state index is 0.261. The first-order valence-electron chi connectivity index (χ1n) is 5.33. The predicted molar refractivity (Wildman–Crippen MR) is 70.0 cm³/mol. The predicted octanol–water partition coefficient (Wildman–Crippen LogP) is 1.42. The molecule has 6 nitrogen and oxygen atoms in total. The number of carbonyl (C=O) groups is 3. The third-order valence-electron chi connectivity index (χ3n) is 2.42. The van der Waals surface area contributed by atoms with E-state index in [0.717, 1.165) is 5.56 Å². The summed E-state index contributed by atoms with van der Waals surface area (Å²) in [6, 6.07) is 3.50. The van der Waals surface area contributed by atoms with Crippen LogP contribution in [-0.2, 0) is 9.59 Å². The van der Waals surface area contributed by atoms with E-state index in [1.165, 1.54) is 6.07 Å². The second kappa shape index (κ2) is 6.33. The van der Waals surface area contributed by atoms with Crippen LogP contribution in [0.2, 0.25) is 0 Å². The first-order valence-corrected chi connectivity index (χ1v) is 6.12. The maximum atomic E-state index is 11.9. The van der Waals surface area contributed by atoms with Gasteiger partial charge in [0.25, 0.3) is 5.91 Å². The molecule has 1 aromatic carbocycles. The Bertz CT molecular complexity index is 529. The van der Waals surface area contributed by atoms with Gasteiger partial charge in [-0.3, -0.25) is 9.59 Å². The molecule has 1 aromatic rings. The van der Waals surface area contributed by atoms with Crippen LogP contribution in [-0.4, -0.2) is 34.1 Å². The summed E-state index contributed by atoms with van der Waals surface area (Å²) in [7, 11) is 0. The normalized spacial score (nSPS) is 11.7. The molecule has 0 fully saturated rings. The van der Waals surface area contributed by atoms with Crippen molar-refractivity contribution in [3.8, 4) is 0 Å². The molecule has 0 aliphatic heterocycles. The quantitative estimate of drug-likeness (QED) is 0.757. The van der Waals surface area contributed by atoms with Gasteiger partial charge in [0.2, 0.25) is 0 Å². The summed E-state index contributed by atoms with van der Waals surface area (Å²) < 4.78 is 0.548. The number of carbonyl (C=O) groups excluding carboxylic acids is 1. The topological polar surface area (TPSA) is 104 Å². The van der Waals surface area contributed by atoms with E-state index in [1.54, 1.807) is 19.1 Å². The Kier molecular flexibility index (Phi) is 5.05. The number of amides is 1. The molecule has 0 aliphatic carbocycles. The second-order valence-corrected chi connectivity index (χ2v) is 4.69. The number of carboxylic acid groups (broad SMARTS) is 2. The molecule has 1 atom stereocenters. The maximum absolute atomic E-state index is 11.9. The number of aryl methyl sites for hydroxylation is 1. The van der Waals surface area contributed by atoms with Crippen molar-refractivity contribution in [3.05, 3.63) is 33.8 Å². The Labute approximate surface area is 117 Å². The summed E-state index contributed by atoms with van der Waals surface area (Å²) in [5, 5.41) is 19.6. The Morgan fingerprint density at radius 3 is 2.47 bits per heavy atom. The monoisotopic (exact) mass is 329 g/mol. The van der Waals surface area contributed by atoms with E-state index in [4.69, 9.17) is 10.2 Å². The van der Waals surface area contributed by atoms with E-state index in [1.807, 2.05) is 0 Å². The van der Waals surface area contributed by atoms with Crippen LogP contribution >= 0.6 is 15.9 Å². The van der Waals surface area contributed by atoms with Gasteiger partial charge < -0.3 is 15.5 Å². The van der Waals surface area contributed by atoms with E-state index in [9.17, 15) is 14.4 Å². The lowest BCUT2D eigenvalue weighted by Crippen LogP contribution is -2.42. The molecule has 0 aromatic heterocycles. The Morgan fingerprint density at radius 1 is 1.32 bits per heavy atom. The number of benzene rings is 1. The highest BCUT2D eigenvalue weighted by molar-refractivity contribution is 9.10. The van der Waals surface area contributed by atoms with Crippen LogP contribution in [0.25, 0.3) is 0 Å². The molecule has 19 heavy (non-hydrogen) atoms. The summed E-state index contributed by atoms with van der Waals surface area (Å²) in [6.45, 7) is 1.78. The Balaban J connectivity index is 2.91. The van der Waals surface area contributed by atoms with Crippen LogP contribution in [0.4, 0.5) is 0 Å². The van der Waals surface area contributed by atoms with Gasteiger partial charge in [0.15, 0.2) is 0 Å². The molecular formula is C12H12BrNO5. The number of carboxylic acids is 2.